The van der Waals surface area contributed by atoms with Crippen molar-refractivity contribution in [3.05, 3.63) is 82.9 Å². The Morgan fingerprint density at radius 2 is 1.97 bits per heavy atom. The number of carbonyl (C=O) groups is 2. The Labute approximate surface area is 205 Å². The third-order valence-electron chi connectivity index (χ3n) is 5.42. The van der Waals surface area contributed by atoms with E-state index in [1.807, 2.05) is 49.4 Å². The lowest BCUT2D eigenvalue weighted by Gasteiger charge is -2.16. The van der Waals surface area contributed by atoms with Gasteiger partial charge in [-0.05, 0) is 47.2 Å². The molecule has 0 aliphatic rings. The van der Waals surface area contributed by atoms with Crippen LogP contribution in [0.3, 0.4) is 0 Å². The first kappa shape index (κ1) is 25.5. The lowest BCUT2D eigenvalue weighted by atomic mass is 9.97. The Hall–Kier alpha value is -4.14. The Morgan fingerprint density at radius 3 is 2.63 bits per heavy atom. The van der Waals surface area contributed by atoms with Crippen LogP contribution < -0.4 is 15.5 Å². The topological polar surface area (TPSA) is 118 Å². The van der Waals surface area contributed by atoms with Gasteiger partial charge in [0.25, 0.3) is 5.91 Å². The number of rotatable bonds is 10. The molecule has 1 aromatic heterocycles. The van der Waals surface area contributed by atoms with Crippen molar-refractivity contribution in [3.63, 3.8) is 0 Å². The lowest BCUT2D eigenvalue weighted by Crippen LogP contribution is -2.47. The summed E-state index contributed by atoms with van der Waals surface area (Å²) in [6.45, 7) is 6.20. The number of aryl methyl sites for hydroxylation is 1. The Kier molecular flexibility index (Phi) is 9.00. The summed E-state index contributed by atoms with van der Waals surface area (Å²) in [5.74, 6) is 0.594. The van der Waals surface area contributed by atoms with Gasteiger partial charge in [0.05, 0.1) is 19.7 Å². The molecule has 0 aliphatic carbocycles. The molecule has 1 atom stereocenters. The van der Waals surface area contributed by atoms with Gasteiger partial charge in [0, 0.05) is 18.3 Å². The Bertz CT molecular complexity index is 1140. The minimum atomic E-state index is -0.918. The van der Waals surface area contributed by atoms with E-state index in [4.69, 9.17) is 9.47 Å². The number of hydrogen-bond acceptors (Lipinski definition) is 6. The van der Waals surface area contributed by atoms with Gasteiger partial charge < -0.3 is 19.8 Å². The van der Waals surface area contributed by atoms with E-state index in [0.29, 0.717) is 5.69 Å². The van der Waals surface area contributed by atoms with Gasteiger partial charge in [-0.1, -0.05) is 44.2 Å². The summed E-state index contributed by atoms with van der Waals surface area (Å²) in [5.41, 5.74) is 6.91. The smallest absolute Gasteiger partial charge is 0.408 e. The SMILES string of the molecule is COc1cc(C)c(/C=N\NC(=O)[C@H](Cc2cnc[nH]2)NC(=O)OCc2ccccc2)cc1C(C)C. The second kappa shape index (κ2) is 12.4. The monoisotopic (exact) mass is 477 g/mol. The molecular weight excluding hydrogens is 446 g/mol. The van der Waals surface area contributed by atoms with Gasteiger partial charge in [-0.2, -0.15) is 5.10 Å². The number of ether oxygens (including phenoxy) is 2. The van der Waals surface area contributed by atoms with Crippen LogP contribution in [0.15, 0.2) is 60.1 Å². The van der Waals surface area contributed by atoms with Crippen LogP contribution in [0.2, 0.25) is 0 Å². The van der Waals surface area contributed by atoms with Crippen molar-refractivity contribution in [2.75, 3.05) is 7.11 Å². The number of H-pyrrole nitrogens is 1. The van der Waals surface area contributed by atoms with E-state index in [1.165, 1.54) is 6.33 Å². The van der Waals surface area contributed by atoms with E-state index in [9.17, 15) is 9.59 Å². The number of methoxy groups -OCH3 is 1. The molecule has 3 aromatic rings. The van der Waals surface area contributed by atoms with Crippen LogP contribution in [0.4, 0.5) is 4.79 Å². The molecule has 0 spiro atoms. The Balaban J connectivity index is 1.66. The van der Waals surface area contributed by atoms with Gasteiger partial charge in [-0.15, -0.1) is 0 Å². The molecule has 0 bridgehead atoms. The first-order valence-corrected chi connectivity index (χ1v) is 11.3. The predicted molar refractivity (Wildman–Crippen MR) is 133 cm³/mol. The molecule has 0 fully saturated rings. The molecule has 2 aromatic carbocycles. The van der Waals surface area contributed by atoms with E-state index in [0.717, 1.165) is 28.0 Å². The summed E-state index contributed by atoms with van der Waals surface area (Å²) in [4.78, 5) is 32.2. The van der Waals surface area contributed by atoms with Crippen molar-refractivity contribution in [2.45, 2.75) is 45.8 Å². The van der Waals surface area contributed by atoms with Gasteiger partial charge in [-0.3, -0.25) is 4.79 Å². The van der Waals surface area contributed by atoms with Crippen molar-refractivity contribution in [1.82, 2.24) is 20.7 Å². The van der Waals surface area contributed by atoms with Gasteiger partial charge >= 0.3 is 6.09 Å². The van der Waals surface area contributed by atoms with E-state index >= 15 is 0 Å². The summed E-state index contributed by atoms with van der Waals surface area (Å²) < 4.78 is 10.7. The number of hydrogen-bond donors (Lipinski definition) is 3. The number of aromatic nitrogens is 2. The van der Waals surface area contributed by atoms with Crippen LogP contribution in [-0.4, -0.2) is 41.3 Å². The molecule has 35 heavy (non-hydrogen) atoms. The fraction of sp³-hybridized carbons (Fsp3) is 0.308. The highest BCUT2D eigenvalue weighted by molar-refractivity contribution is 5.88. The van der Waals surface area contributed by atoms with Crippen LogP contribution in [0, 0.1) is 6.92 Å². The zero-order valence-electron chi connectivity index (χ0n) is 20.4. The standard InChI is InChI=1S/C26H31N5O4/c1-17(2)22-11-20(18(3)10-24(22)34-4)13-29-31-25(32)23(12-21-14-27-16-28-21)30-26(33)35-15-19-8-6-5-7-9-19/h5-11,13-14,16-17,23H,12,15H2,1-4H3,(H,27,28)(H,30,33)(H,31,32)/b29-13-/t23-/m0/s1. The summed E-state index contributed by atoms with van der Waals surface area (Å²) >= 11 is 0. The van der Waals surface area contributed by atoms with Gasteiger partial charge in [-0.25, -0.2) is 15.2 Å². The maximum absolute atomic E-state index is 12.9. The van der Waals surface area contributed by atoms with Crippen LogP contribution in [0.25, 0.3) is 0 Å². The lowest BCUT2D eigenvalue weighted by molar-refractivity contribution is -0.123. The average molecular weight is 478 g/mol. The van der Waals surface area contributed by atoms with Crippen molar-refractivity contribution in [1.29, 1.82) is 0 Å². The summed E-state index contributed by atoms with van der Waals surface area (Å²) in [6.07, 6.45) is 4.18. The van der Waals surface area contributed by atoms with E-state index < -0.39 is 18.0 Å². The molecule has 3 rings (SSSR count). The number of imidazole rings is 1. The molecule has 0 saturated heterocycles. The van der Waals surface area contributed by atoms with Gasteiger partial charge in [0.1, 0.15) is 18.4 Å². The molecule has 3 N–H and O–H groups in total. The molecule has 9 heteroatoms. The molecule has 2 amide bonds. The van der Waals surface area contributed by atoms with Crippen LogP contribution in [0.1, 0.15) is 47.7 Å². The molecule has 0 unspecified atom stereocenters. The predicted octanol–water partition coefficient (Wildman–Crippen LogP) is 3.84. The number of nitrogens with zero attached hydrogens (tertiary/aromatic N) is 2. The van der Waals surface area contributed by atoms with E-state index in [1.54, 1.807) is 19.5 Å². The van der Waals surface area contributed by atoms with Gasteiger partial charge in [0.15, 0.2) is 0 Å². The van der Waals surface area contributed by atoms with Crippen molar-refractivity contribution in [3.8, 4) is 5.75 Å². The quantitative estimate of drug-likeness (QED) is 0.303. The summed E-state index contributed by atoms with van der Waals surface area (Å²) in [7, 11) is 1.65. The zero-order valence-corrected chi connectivity index (χ0v) is 20.4. The molecule has 0 saturated carbocycles. The van der Waals surface area contributed by atoms with Crippen molar-refractivity contribution in [2.24, 2.45) is 5.10 Å². The Morgan fingerprint density at radius 1 is 1.20 bits per heavy atom. The third-order valence-corrected chi connectivity index (χ3v) is 5.42. The minimum Gasteiger partial charge on any atom is -0.496 e. The minimum absolute atomic E-state index is 0.0954. The molecule has 184 valence electrons. The number of hydrazone groups is 1. The number of nitrogens with one attached hydrogen (secondary N) is 3. The average Bonchev–Trinajstić information content (AvgIpc) is 3.36. The number of benzene rings is 2. The fourth-order valence-corrected chi connectivity index (χ4v) is 3.46. The molecule has 1 heterocycles. The normalized spacial score (nSPS) is 11.9. The van der Waals surface area contributed by atoms with E-state index in [-0.39, 0.29) is 18.9 Å². The zero-order chi connectivity index (χ0) is 25.2. The van der Waals surface area contributed by atoms with Crippen LogP contribution >= 0.6 is 0 Å². The molecule has 9 nitrogen and oxygen atoms in total. The second-order valence-electron chi connectivity index (χ2n) is 8.38. The summed E-state index contributed by atoms with van der Waals surface area (Å²) in [6, 6.07) is 12.3. The van der Waals surface area contributed by atoms with Crippen molar-refractivity contribution < 1.29 is 19.1 Å². The highest BCUT2D eigenvalue weighted by Gasteiger charge is 2.22. The number of amides is 2. The number of alkyl carbamates (subject to hydrolysis) is 1. The summed E-state index contributed by atoms with van der Waals surface area (Å²) in [5, 5.41) is 6.74. The largest absolute Gasteiger partial charge is 0.496 e. The first-order valence-electron chi connectivity index (χ1n) is 11.3. The van der Waals surface area contributed by atoms with Gasteiger partial charge in [0.2, 0.25) is 0 Å². The van der Waals surface area contributed by atoms with E-state index in [2.05, 4.69) is 39.7 Å². The highest BCUT2D eigenvalue weighted by atomic mass is 16.5. The van der Waals surface area contributed by atoms with Crippen molar-refractivity contribution >= 4 is 18.2 Å². The number of carbonyl (C=O) groups excluding carboxylic acids is 2. The first-order chi connectivity index (χ1) is 16.9. The van der Waals surface area contributed by atoms with Crippen LogP contribution in [-0.2, 0) is 22.6 Å². The maximum Gasteiger partial charge on any atom is 0.408 e. The second-order valence-corrected chi connectivity index (χ2v) is 8.38. The highest BCUT2D eigenvalue weighted by Crippen LogP contribution is 2.29. The molecular formula is C26H31N5O4. The van der Waals surface area contributed by atoms with Crippen LogP contribution in [0.5, 0.6) is 5.75 Å². The molecule has 0 radical (unpaired) electrons. The fourth-order valence-electron chi connectivity index (χ4n) is 3.46. The maximum atomic E-state index is 12.9. The number of aromatic amines is 1. The molecule has 0 aliphatic heterocycles. The third kappa shape index (κ3) is 7.43.